The van der Waals surface area contributed by atoms with Gasteiger partial charge in [-0.2, -0.15) is 0 Å². The minimum Gasteiger partial charge on any atom is -0.347 e. The Morgan fingerprint density at radius 1 is 0.758 bits per heavy atom. The van der Waals surface area contributed by atoms with E-state index in [4.69, 9.17) is 9.05 Å². The van der Waals surface area contributed by atoms with Crippen molar-refractivity contribution in [3.63, 3.8) is 0 Å². The van der Waals surface area contributed by atoms with E-state index in [1.807, 2.05) is 78.9 Å². The first-order chi connectivity index (χ1) is 16.1. The molecule has 0 amide bonds. The SMILES string of the molecule is CCOP(=O)(OCC)c1[nH]c(-c2ccccc2)c(C(=O)c2ccccc2)c1-c1ccccc1. The minimum absolute atomic E-state index is 0.171. The van der Waals surface area contributed by atoms with Crippen molar-refractivity contribution in [1.29, 1.82) is 0 Å². The third-order valence-electron chi connectivity index (χ3n) is 5.24. The number of hydrogen-bond acceptors (Lipinski definition) is 4. The van der Waals surface area contributed by atoms with Crippen molar-refractivity contribution in [3.8, 4) is 22.4 Å². The van der Waals surface area contributed by atoms with E-state index in [0.29, 0.717) is 22.4 Å². The van der Waals surface area contributed by atoms with Gasteiger partial charge in [0.2, 0.25) is 0 Å². The Labute approximate surface area is 193 Å². The van der Waals surface area contributed by atoms with Gasteiger partial charge in [0.1, 0.15) is 5.44 Å². The topological polar surface area (TPSA) is 68.4 Å². The number of ketones is 1. The van der Waals surface area contributed by atoms with Crippen LogP contribution < -0.4 is 5.44 Å². The highest BCUT2D eigenvalue weighted by Gasteiger charge is 2.37. The van der Waals surface area contributed by atoms with Gasteiger partial charge < -0.3 is 14.0 Å². The smallest absolute Gasteiger partial charge is 0.347 e. The van der Waals surface area contributed by atoms with Crippen LogP contribution in [0.4, 0.5) is 0 Å². The Morgan fingerprint density at radius 3 is 1.76 bits per heavy atom. The first kappa shape index (κ1) is 22.9. The number of nitrogens with one attached hydrogen (secondary N) is 1. The van der Waals surface area contributed by atoms with Crippen molar-refractivity contribution in [3.05, 3.63) is 102 Å². The lowest BCUT2D eigenvalue weighted by atomic mass is 9.93. The van der Waals surface area contributed by atoms with Gasteiger partial charge in [0.25, 0.3) is 0 Å². The van der Waals surface area contributed by atoms with Crippen LogP contribution in [0.1, 0.15) is 29.8 Å². The highest BCUT2D eigenvalue weighted by Crippen LogP contribution is 2.51. The van der Waals surface area contributed by atoms with Gasteiger partial charge in [-0.05, 0) is 25.0 Å². The fourth-order valence-corrected chi connectivity index (χ4v) is 5.64. The summed E-state index contributed by atoms with van der Waals surface area (Å²) >= 11 is 0. The first-order valence-electron chi connectivity index (χ1n) is 10.9. The lowest BCUT2D eigenvalue weighted by molar-refractivity contribution is 0.104. The number of rotatable bonds is 9. The monoisotopic (exact) mass is 459 g/mol. The molecule has 1 aromatic heterocycles. The average molecular weight is 459 g/mol. The Bertz CT molecular complexity index is 1260. The number of benzene rings is 3. The molecular weight excluding hydrogens is 433 g/mol. The molecule has 6 heteroatoms. The zero-order chi connectivity index (χ0) is 23.3. The number of carbonyl (C=O) groups is 1. The Morgan fingerprint density at radius 2 is 1.24 bits per heavy atom. The summed E-state index contributed by atoms with van der Waals surface area (Å²) in [6, 6.07) is 28.1. The van der Waals surface area contributed by atoms with Gasteiger partial charge in [0, 0.05) is 11.1 Å². The van der Waals surface area contributed by atoms with Crippen LogP contribution in [0.25, 0.3) is 22.4 Å². The average Bonchev–Trinajstić information content (AvgIpc) is 3.27. The molecule has 0 saturated carbocycles. The van der Waals surface area contributed by atoms with Crippen LogP contribution in [0.5, 0.6) is 0 Å². The third-order valence-corrected chi connectivity index (χ3v) is 7.32. The summed E-state index contributed by atoms with van der Waals surface area (Å²) in [5.74, 6) is -0.171. The van der Waals surface area contributed by atoms with Crippen LogP contribution in [-0.4, -0.2) is 24.0 Å². The summed E-state index contributed by atoms with van der Waals surface area (Å²) in [6.07, 6.45) is 0. The van der Waals surface area contributed by atoms with Gasteiger partial charge in [-0.3, -0.25) is 9.36 Å². The second kappa shape index (κ2) is 10.1. The van der Waals surface area contributed by atoms with Crippen LogP contribution in [0, 0.1) is 0 Å². The second-order valence-corrected chi connectivity index (χ2v) is 9.32. The van der Waals surface area contributed by atoms with E-state index in [0.717, 1.165) is 11.1 Å². The Balaban J connectivity index is 2.09. The second-order valence-electron chi connectivity index (χ2n) is 7.36. The van der Waals surface area contributed by atoms with Crippen molar-refractivity contribution >= 4 is 18.8 Å². The molecule has 0 spiro atoms. The number of aromatic amines is 1. The quantitative estimate of drug-likeness (QED) is 0.230. The van der Waals surface area contributed by atoms with Crippen molar-refractivity contribution < 1.29 is 18.4 Å². The van der Waals surface area contributed by atoms with E-state index in [2.05, 4.69) is 4.98 Å². The number of carbonyl (C=O) groups excluding carboxylic acids is 1. The van der Waals surface area contributed by atoms with Gasteiger partial charge >= 0.3 is 7.60 Å². The van der Waals surface area contributed by atoms with Gasteiger partial charge in [-0.25, -0.2) is 0 Å². The van der Waals surface area contributed by atoms with Crippen molar-refractivity contribution in [2.24, 2.45) is 0 Å². The van der Waals surface area contributed by atoms with Gasteiger partial charge in [0.15, 0.2) is 5.78 Å². The summed E-state index contributed by atoms with van der Waals surface area (Å²) < 4.78 is 25.4. The maximum Gasteiger partial charge on any atom is 0.378 e. The molecule has 4 aromatic rings. The number of H-pyrrole nitrogens is 1. The van der Waals surface area contributed by atoms with E-state index in [1.54, 1.807) is 26.0 Å². The van der Waals surface area contributed by atoms with Crippen molar-refractivity contribution in [2.75, 3.05) is 13.2 Å². The van der Waals surface area contributed by atoms with E-state index in [9.17, 15) is 9.36 Å². The van der Waals surface area contributed by atoms with Crippen LogP contribution in [-0.2, 0) is 13.6 Å². The molecule has 0 fully saturated rings. The molecule has 0 unspecified atom stereocenters. The zero-order valence-corrected chi connectivity index (χ0v) is 19.5. The summed E-state index contributed by atoms with van der Waals surface area (Å²) in [6.45, 7) is 3.94. The molecule has 0 radical (unpaired) electrons. The molecular formula is C27H26NO4P. The highest BCUT2D eigenvalue weighted by molar-refractivity contribution is 7.62. The molecule has 5 nitrogen and oxygen atoms in total. The fraction of sp³-hybridized carbons (Fsp3) is 0.148. The predicted molar refractivity (Wildman–Crippen MR) is 132 cm³/mol. The van der Waals surface area contributed by atoms with Gasteiger partial charge in [-0.15, -0.1) is 0 Å². The van der Waals surface area contributed by atoms with Crippen molar-refractivity contribution in [1.82, 2.24) is 4.98 Å². The molecule has 1 N–H and O–H groups in total. The molecule has 4 rings (SSSR count). The molecule has 168 valence electrons. The lowest BCUT2D eigenvalue weighted by Gasteiger charge is -2.18. The molecule has 0 saturated heterocycles. The number of aromatic nitrogens is 1. The summed E-state index contributed by atoms with van der Waals surface area (Å²) in [5, 5.41) is 0. The molecule has 0 atom stereocenters. The van der Waals surface area contributed by atoms with E-state index in [-0.39, 0.29) is 24.4 Å². The molecule has 0 bridgehead atoms. The fourth-order valence-electron chi connectivity index (χ4n) is 3.87. The summed E-state index contributed by atoms with van der Waals surface area (Å²) in [4.78, 5) is 17.2. The van der Waals surface area contributed by atoms with E-state index in [1.165, 1.54) is 0 Å². The molecule has 0 aliphatic heterocycles. The van der Waals surface area contributed by atoms with Gasteiger partial charge in [-0.1, -0.05) is 91.0 Å². The van der Waals surface area contributed by atoms with Crippen molar-refractivity contribution in [2.45, 2.75) is 13.8 Å². The molecule has 1 heterocycles. The van der Waals surface area contributed by atoms with Crippen LogP contribution >= 0.6 is 7.60 Å². The van der Waals surface area contributed by atoms with E-state index < -0.39 is 7.60 Å². The zero-order valence-electron chi connectivity index (χ0n) is 18.7. The van der Waals surface area contributed by atoms with Crippen LogP contribution in [0.3, 0.4) is 0 Å². The first-order valence-corrected chi connectivity index (χ1v) is 12.5. The molecule has 3 aromatic carbocycles. The summed E-state index contributed by atoms with van der Waals surface area (Å²) in [7, 11) is -3.74. The normalized spacial score (nSPS) is 11.5. The Kier molecular flexibility index (Phi) is 7.05. The summed E-state index contributed by atoms with van der Waals surface area (Å²) in [5.41, 5.74) is 3.94. The standard InChI is InChI=1S/C27H26NO4P/c1-3-31-33(30,32-4-2)27-23(20-14-8-5-9-15-20)24(26(29)22-18-12-7-13-19-22)25(28-27)21-16-10-6-11-17-21/h5-19,28H,3-4H2,1-2H3. The lowest BCUT2D eigenvalue weighted by Crippen LogP contribution is -2.15. The molecule has 33 heavy (non-hydrogen) atoms. The molecule has 0 aliphatic carbocycles. The van der Waals surface area contributed by atoms with Gasteiger partial charge in [0.05, 0.1) is 24.5 Å². The Hall–Kier alpha value is -3.24. The highest BCUT2D eigenvalue weighted by atomic mass is 31.2. The predicted octanol–water partition coefficient (Wildman–Crippen LogP) is 6.47. The number of hydrogen-bond donors (Lipinski definition) is 1. The minimum atomic E-state index is -3.74. The largest absolute Gasteiger partial charge is 0.378 e. The third kappa shape index (κ3) is 4.62. The molecule has 0 aliphatic rings. The van der Waals surface area contributed by atoms with Crippen LogP contribution in [0.2, 0.25) is 0 Å². The van der Waals surface area contributed by atoms with E-state index >= 15 is 0 Å². The maximum absolute atomic E-state index is 14.0. The maximum atomic E-state index is 14.0. The van der Waals surface area contributed by atoms with Crippen LogP contribution in [0.15, 0.2) is 91.0 Å².